The van der Waals surface area contributed by atoms with Gasteiger partial charge < -0.3 is 10.2 Å². The molecule has 0 unspecified atom stereocenters. The number of rotatable bonds is 6. The summed E-state index contributed by atoms with van der Waals surface area (Å²) in [5.74, 6) is 7.33. The van der Waals surface area contributed by atoms with Gasteiger partial charge >= 0.3 is 0 Å². The molecule has 4 nitrogen and oxygen atoms in total. The lowest BCUT2D eigenvalue weighted by atomic mass is 9.96. The van der Waals surface area contributed by atoms with Crippen LogP contribution in [0.15, 0.2) is 29.3 Å². The van der Waals surface area contributed by atoms with E-state index < -0.39 is 0 Å². The maximum absolute atomic E-state index is 5.67. The fourth-order valence-electron chi connectivity index (χ4n) is 2.63. The second kappa shape index (κ2) is 8.67. The summed E-state index contributed by atoms with van der Waals surface area (Å²) in [7, 11) is 0. The molecule has 1 aromatic carbocycles. The van der Waals surface area contributed by atoms with Crippen LogP contribution >= 0.6 is 0 Å². The number of aliphatic imine (C=N–C) groups is 1. The van der Waals surface area contributed by atoms with Crippen LogP contribution in [0.2, 0.25) is 0 Å². The van der Waals surface area contributed by atoms with E-state index in [1.807, 2.05) is 24.3 Å². The van der Waals surface area contributed by atoms with Crippen LogP contribution in [0.3, 0.4) is 0 Å². The third-order valence-electron chi connectivity index (χ3n) is 3.92. The monoisotopic (exact) mass is 289 g/mol. The highest BCUT2D eigenvalue weighted by molar-refractivity contribution is 5.98. The first-order valence-electron chi connectivity index (χ1n) is 8.11. The van der Waals surface area contributed by atoms with Gasteiger partial charge in [-0.3, -0.25) is 4.99 Å². The minimum atomic E-state index is 0.408. The molecule has 1 fully saturated rings. The number of benzene rings is 1. The Morgan fingerprint density at radius 1 is 1.24 bits per heavy atom. The predicted molar refractivity (Wildman–Crippen MR) is 87.6 cm³/mol. The Hall–Kier alpha value is -1.55. The van der Waals surface area contributed by atoms with E-state index in [-0.39, 0.29) is 0 Å². The van der Waals surface area contributed by atoms with Crippen LogP contribution in [0.25, 0.3) is 0 Å². The van der Waals surface area contributed by atoms with Gasteiger partial charge in [0.25, 0.3) is 0 Å². The lowest BCUT2D eigenvalue weighted by Crippen LogP contribution is -2.32. The fraction of sp³-hybridized carbons (Fsp3) is 0.588. The van der Waals surface area contributed by atoms with Crippen molar-refractivity contribution in [1.82, 2.24) is 5.43 Å². The third-order valence-corrected chi connectivity index (χ3v) is 3.92. The van der Waals surface area contributed by atoms with Gasteiger partial charge in [-0.05, 0) is 43.5 Å². The number of unbranched alkanes of at least 4 members (excludes halogenated alkanes) is 1. The van der Waals surface area contributed by atoms with E-state index in [1.54, 1.807) is 0 Å². The fourth-order valence-corrected chi connectivity index (χ4v) is 2.63. The van der Waals surface area contributed by atoms with E-state index >= 15 is 0 Å². The predicted octanol–water partition coefficient (Wildman–Crippen LogP) is 3.41. The summed E-state index contributed by atoms with van der Waals surface area (Å²) in [6.45, 7) is 2.93. The Balaban J connectivity index is 1.99. The minimum Gasteiger partial charge on any atom is -0.494 e. The third kappa shape index (κ3) is 5.05. The highest BCUT2D eigenvalue weighted by Gasteiger charge is 2.13. The van der Waals surface area contributed by atoms with E-state index in [2.05, 4.69) is 12.3 Å². The summed E-state index contributed by atoms with van der Waals surface area (Å²) in [5, 5.41) is 0. The number of amidine groups is 1. The summed E-state index contributed by atoms with van der Waals surface area (Å²) in [6, 6.07) is 8.41. The van der Waals surface area contributed by atoms with Crippen molar-refractivity contribution in [2.45, 2.75) is 57.9 Å². The molecule has 4 heteroatoms. The molecule has 21 heavy (non-hydrogen) atoms. The van der Waals surface area contributed by atoms with Gasteiger partial charge in [0, 0.05) is 5.56 Å². The van der Waals surface area contributed by atoms with Crippen LogP contribution < -0.4 is 16.0 Å². The van der Waals surface area contributed by atoms with Crippen LogP contribution in [0.1, 0.15) is 57.4 Å². The molecule has 1 saturated carbocycles. The summed E-state index contributed by atoms with van der Waals surface area (Å²) in [4.78, 5) is 4.77. The molecular formula is C17H27N3O. The Bertz CT molecular complexity index is 436. The largest absolute Gasteiger partial charge is 0.494 e. The quantitative estimate of drug-likeness (QED) is 0.277. The molecule has 0 heterocycles. The normalized spacial score (nSPS) is 16.8. The molecule has 1 aliphatic carbocycles. The summed E-state index contributed by atoms with van der Waals surface area (Å²) in [6.07, 6.45) is 8.45. The van der Waals surface area contributed by atoms with Crippen LogP contribution in [-0.4, -0.2) is 18.5 Å². The second-order valence-electron chi connectivity index (χ2n) is 5.64. The van der Waals surface area contributed by atoms with Gasteiger partial charge in [-0.2, -0.15) is 0 Å². The van der Waals surface area contributed by atoms with E-state index in [0.717, 1.165) is 36.6 Å². The number of ether oxygens (including phenoxy) is 1. The zero-order valence-electron chi connectivity index (χ0n) is 13.0. The van der Waals surface area contributed by atoms with Crippen LogP contribution in [-0.2, 0) is 0 Å². The molecule has 0 aromatic heterocycles. The summed E-state index contributed by atoms with van der Waals surface area (Å²) < 4.78 is 5.67. The van der Waals surface area contributed by atoms with Gasteiger partial charge in [-0.25, -0.2) is 5.84 Å². The van der Waals surface area contributed by atoms with Crippen molar-refractivity contribution in [1.29, 1.82) is 0 Å². The Labute approximate surface area is 127 Å². The van der Waals surface area contributed by atoms with Crippen molar-refractivity contribution in [3.05, 3.63) is 29.8 Å². The molecule has 3 N–H and O–H groups in total. The average Bonchev–Trinajstić information content (AvgIpc) is 2.55. The maximum atomic E-state index is 5.67. The first kappa shape index (κ1) is 15.8. The van der Waals surface area contributed by atoms with Crippen molar-refractivity contribution in [2.24, 2.45) is 10.8 Å². The Morgan fingerprint density at radius 3 is 2.57 bits per heavy atom. The van der Waals surface area contributed by atoms with Crippen LogP contribution in [0, 0.1) is 0 Å². The van der Waals surface area contributed by atoms with Crippen molar-refractivity contribution in [2.75, 3.05) is 6.61 Å². The number of nitrogens with one attached hydrogen (secondary N) is 1. The molecular weight excluding hydrogens is 262 g/mol. The molecule has 2 rings (SSSR count). The smallest absolute Gasteiger partial charge is 0.142 e. The highest BCUT2D eigenvalue weighted by atomic mass is 16.5. The molecule has 116 valence electrons. The standard InChI is InChI=1S/C17H27N3O/c1-2-3-13-21-16-11-9-14(10-12-16)17(20-18)19-15-7-5-4-6-8-15/h9-12,15H,2-8,13,18H2,1H3,(H,19,20). The lowest BCUT2D eigenvalue weighted by Gasteiger charge is -2.19. The molecule has 0 saturated heterocycles. The van der Waals surface area contributed by atoms with E-state index in [0.29, 0.717) is 6.04 Å². The molecule has 0 atom stereocenters. The second-order valence-corrected chi connectivity index (χ2v) is 5.64. The number of hydrazine groups is 1. The van der Waals surface area contributed by atoms with Crippen molar-refractivity contribution in [3.63, 3.8) is 0 Å². The molecule has 0 bridgehead atoms. The first-order chi connectivity index (χ1) is 10.3. The SMILES string of the molecule is CCCCOc1ccc(C(=NC2CCCCC2)NN)cc1. The van der Waals surface area contributed by atoms with Gasteiger partial charge in [0.05, 0.1) is 12.6 Å². The number of nitrogens with two attached hydrogens (primary N) is 1. The van der Waals surface area contributed by atoms with Crippen LogP contribution in [0.5, 0.6) is 5.75 Å². The molecule has 1 aliphatic rings. The van der Waals surface area contributed by atoms with Crippen molar-refractivity contribution < 1.29 is 4.74 Å². The molecule has 0 amide bonds. The molecule has 0 spiro atoms. The topological polar surface area (TPSA) is 59.6 Å². The van der Waals surface area contributed by atoms with Gasteiger partial charge in [0.1, 0.15) is 11.6 Å². The van der Waals surface area contributed by atoms with Gasteiger partial charge in [0.2, 0.25) is 0 Å². The highest BCUT2D eigenvalue weighted by Crippen LogP contribution is 2.21. The molecule has 1 aromatic rings. The minimum absolute atomic E-state index is 0.408. The average molecular weight is 289 g/mol. The van der Waals surface area contributed by atoms with E-state index in [9.17, 15) is 0 Å². The number of hydrogen-bond acceptors (Lipinski definition) is 3. The van der Waals surface area contributed by atoms with E-state index in [1.165, 1.54) is 32.1 Å². The molecule has 0 aliphatic heterocycles. The van der Waals surface area contributed by atoms with Gasteiger partial charge in [0.15, 0.2) is 0 Å². The Morgan fingerprint density at radius 2 is 1.95 bits per heavy atom. The number of nitrogens with zero attached hydrogens (tertiary/aromatic N) is 1. The molecule has 0 radical (unpaired) electrons. The van der Waals surface area contributed by atoms with Crippen molar-refractivity contribution >= 4 is 5.84 Å². The first-order valence-corrected chi connectivity index (χ1v) is 8.11. The van der Waals surface area contributed by atoms with Crippen LogP contribution in [0.4, 0.5) is 0 Å². The van der Waals surface area contributed by atoms with E-state index in [4.69, 9.17) is 15.6 Å². The lowest BCUT2D eigenvalue weighted by molar-refractivity contribution is 0.309. The number of hydrogen-bond donors (Lipinski definition) is 2. The van der Waals surface area contributed by atoms with Gasteiger partial charge in [-0.1, -0.05) is 32.6 Å². The zero-order chi connectivity index (χ0) is 14.9. The van der Waals surface area contributed by atoms with Crippen molar-refractivity contribution in [3.8, 4) is 5.75 Å². The summed E-state index contributed by atoms with van der Waals surface area (Å²) in [5.41, 5.74) is 3.77. The Kier molecular flexibility index (Phi) is 6.54. The zero-order valence-corrected chi connectivity index (χ0v) is 13.0. The summed E-state index contributed by atoms with van der Waals surface area (Å²) >= 11 is 0. The maximum Gasteiger partial charge on any atom is 0.142 e. The van der Waals surface area contributed by atoms with Gasteiger partial charge in [-0.15, -0.1) is 0 Å².